The molecular weight excluding hydrogens is 220 g/mol. The van der Waals surface area contributed by atoms with Crippen molar-refractivity contribution >= 4 is 5.97 Å². The Bertz CT molecular complexity index is 495. The van der Waals surface area contributed by atoms with Crippen molar-refractivity contribution in [1.82, 2.24) is 20.2 Å². The number of aliphatic carboxylic acids is 1. The fourth-order valence-corrected chi connectivity index (χ4v) is 1.53. The van der Waals surface area contributed by atoms with Crippen LogP contribution in [0, 0.1) is 0 Å². The van der Waals surface area contributed by atoms with Gasteiger partial charge in [-0.3, -0.25) is 4.79 Å². The molecule has 0 amide bonds. The second kappa shape index (κ2) is 5.20. The zero-order valence-electron chi connectivity index (χ0n) is 9.15. The third-order valence-corrected chi connectivity index (χ3v) is 2.32. The molecule has 1 N–H and O–H groups in total. The van der Waals surface area contributed by atoms with Crippen LogP contribution in [0.15, 0.2) is 30.3 Å². The van der Waals surface area contributed by atoms with E-state index in [1.807, 2.05) is 30.3 Å². The van der Waals surface area contributed by atoms with Crippen molar-refractivity contribution in [3.8, 4) is 11.4 Å². The van der Waals surface area contributed by atoms with E-state index < -0.39 is 5.97 Å². The first-order valence-electron chi connectivity index (χ1n) is 5.31. The summed E-state index contributed by atoms with van der Waals surface area (Å²) >= 11 is 0. The van der Waals surface area contributed by atoms with E-state index in [-0.39, 0.29) is 6.42 Å². The average molecular weight is 232 g/mol. The molecule has 0 bridgehead atoms. The van der Waals surface area contributed by atoms with Gasteiger partial charge in [-0.2, -0.15) is 0 Å². The lowest BCUT2D eigenvalue weighted by atomic mass is 10.2. The summed E-state index contributed by atoms with van der Waals surface area (Å²) in [5.41, 5.74) is 0.924. The van der Waals surface area contributed by atoms with Crippen LogP contribution in [0.4, 0.5) is 0 Å². The first-order chi connectivity index (χ1) is 8.27. The van der Waals surface area contributed by atoms with Crippen molar-refractivity contribution in [2.75, 3.05) is 0 Å². The lowest BCUT2D eigenvalue weighted by Gasteiger charge is -2.02. The average Bonchev–Trinajstić information content (AvgIpc) is 2.78. The number of tetrazole rings is 1. The molecule has 0 aliphatic rings. The summed E-state index contributed by atoms with van der Waals surface area (Å²) in [6, 6.07) is 9.57. The third-order valence-electron chi connectivity index (χ3n) is 2.32. The normalized spacial score (nSPS) is 10.4. The standard InChI is InChI=1S/C11H12N4O2/c16-10(17)7-4-8-15-11(12-13-14-15)9-5-2-1-3-6-9/h1-3,5-6H,4,7-8H2,(H,16,17). The lowest BCUT2D eigenvalue weighted by molar-refractivity contribution is -0.137. The summed E-state index contributed by atoms with van der Waals surface area (Å²) in [4.78, 5) is 10.4. The molecule has 0 aliphatic heterocycles. The minimum absolute atomic E-state index is 0.119. The van der Waals surface area contributed by atoms with E-state index in [1.165, 1.54) is 0 Å². The van der Waals surface area contributed by atoms with Crippen molar-refractivity contribution in [3.05, 3.63) is 30.3 Å². The molecule has 17 heavy (non-hydrogen) atoms. The summed E-state index contributed by atoms with van der Waals surface area (Å²) in [5.74, 6) is -0.143. The maximum atomic E-state index is 10.4. The molecule has 0 radical (unpaired) electrons. The molecule has 6 heteroatoms. The van der Waals surface area contributed by atoms with Crippen LogP contribution in [0.5, 0.6) is 0 Å². The monoisotopic (exact) mass is 232 g/mol. The van der Waals surface area contributed by atoms with Crippen LogP contribution in [-0.4, -0.2) is 31.3 Å². The summed E-state index contributed by atoms with van der Waals surface area (Å²) in [7, 11) is 0. The molecule has 0 fully saturated rings. The van der Waals surface area contributed by atoms with Crippen molar-refractivity contribution in [2.24, 2.45) is 0 Å². The molecule has 1 aromatic carbocycles. The first kappa shape index (κ1) is 11.3. The zero-order valence-corrected chi connectivity index (χ0v) is 9.15. The van der Waals surface area contributed by atoms with Gasteiger partial charge >= 0.3 is 5.97 Å². The van der Waals surface area contributed by atoms with Crippen molar-refractivity contribution in [1.29, 1.82) is 0 Å². The lowest BCUT2D eigenvalue weighted by Crippen LogP contribution is -2.05. The molecule has 0 spiro atoms. The summed E-state index contributed by atoms with van der Waals surface area (Å²) in [5, 5.41) is 20.0. The van der Waals surface area contributed by atoms with E-state index in [2.05, 4.69) is 15.5 Å². The molecule has 2 rings (SSSR count). The highest BCUT2D eigenvalue weighted by molar-refractivity contribution is 5.66. The molecule has 1 aromatic heterocycles. The summed E-state index contributed by atoms with van der Waals surface area (Å²) in [6.45, 7) is 0.503. The zero-order chi connectivity index (χ0) is 12.1. The van der Waals surface area contributed by atoms with Gasteiger partial charge in [0, 0.05) is 18.5 Å². The highest BCUT2D eigenvalue weighted by Crippen LogP contribution is 2.14. The third kappa shape index (κ3) is 2.87. The number of hydrogen-bond donors (Lipinski definition) is 1. The van der Waals surface area contributed by atoms with Gasteiger partial charge in [-0.1, -0.05) is 30.3 Å². The molecule has 1 heterocycles. The van der Waals surface area contributed by atoms with Gasteiger partial charge in [0.15, 0.2) is 5.82 Å². The molecular formula is C11H12N4O2. The minimum atomic E-state index is -0.806. The number of aromatic nitrogens is 4. The van der Waals surface area contributed by atoms with Crippen molar-refractivity contribution < 1.29 is 9.90 Å². The van der Waals surface area contributed by atoms with Gasteiger partial charge in [-0.25, -0.2) is 4.68 Å². The molecule has 0 aliphatic carbocycles. The Kier molecular flexibility index (Phi) is 3.44. The Morgan fingerprint density at radius 2 is 2.06 bits per heavy atom. The summed E-state index contributed by atoms with van der Waals surface area (Å²) < 4.78 is 1.62. The van der Waals surface area contributed by atoms with E-state index in [1.54, 1.807) is 4.68 Å². The van der Waals surface area contributed by atoms with Gasteiger partial charge in [0.2, 0.25) is 0 Å². The number of nitrogens with zero attached hydrogens (tertiary/aromatic N) is 4. The SMILES string of the molecule is O=C(O)CCCn1nnnc1-c1ccccc1. The second-order valence-corrected chi connectivity index (χ2v) is 3.59. The quantitative estimate of drug-likeness (QED) is 0.837. The highest BCUT2D eigenvalue weighted by Gasteiger charge is 2.08. The smallest absolute Gasteiger partial charge is 0.303 e. The molecule has 0 saturated carbocycles. The Balaban J connectivity index is 2.10. The predicted octanol–water partition coefficient (Wildman–Crippen LogP) is 1.20. The van der Waals surface area contributed by atoms with E-state index in [4.69, 9.17) is 5.11 Å². The van der Waals surface area contributed by atoms with Gasteiger partial charge in [-0.05, 0) is 16.8 Å². The van der Waals surface area contributed by atoms with Gasteiger partial charge in [0.1, 0.15) is 0 Å². The van der Waals surface area contributed by atoms with Gasteiger partial charge in [0.25, 0.3) is 0 Å². The van der Waals surface area contributed by atoms with E-state index >= 15 is 0 Å². The number of aryl methyl sites for hydroxylation is 1. The number of carboxylic acids is 1. The number of benzene rings is 1. The molecule has 0 unspecified atom stereocenters. The minimum Gasteiger partial charge on any atom is -0.481 e. The Morgan fingerprint density at radius 3 is 2.76 bits per heavy atom. The van der Waals surface area contributed by atoms with E-state index in [9.17, 15) is 4.79 Å². The van der Waals surface area contributed by atoms with Gasteiger partial charge in [-0.15, -0.1) is 5.10 Å². The number of hydrogen-bond acceptors (Lipinski definition) is 4. The molecule has 6 nitrogen and oxygen atoms in total. The van der Waals surface area contributed by atoms with E-state index in [0.29, 0.717) is 18.8 Å². The van der Waals surface area contributed by atoms with Crippen molar-refractivity contribution in [2.45, 2.75) is 19.4 Å². The fourth-order valence-electron chi connectivity index (χ4n) is 1.53. The number of carboxylic acid groups (broad SMARTS) is 1. The predicted molar refractivity (Wildman–Crippen MR) is 60.1 cm³/mol. The van der Waals surface area contributed by atoms with Crippen LogP contribution in [0.25, 0.3) is 11.4 Å². The van der Waals surface area contributed by atoms with E-state index in [0.717, 1.165) is 5.56 Å². The maximum absolute atomic E-state index is 10.4. The second-order valence-electron chi connectivity index (χ2n) is 3.59. The maximum Gasteiger partial charge on any atom is 0.303 e. The van der Waals surface area contributed by atoms with Crippen LogP contribution in [-0.2, 0) is 11.3 Å². The Morgan fingerprint density at radius 1 is 1.29 bits per heavy atom. The molecule has 0 saturated heterocycles. The summed E-state index contributed by atoms with van der Waals surface area (Å²) in [6.07, 6.45) is 0.633. The van der Waals surface area contributed by atoms with Crippen LogP contribution in [0.3, 0.4) is 0 Å². The molecule has 0 atom stereocenters. The Hall–Kier alpha value is -2.24. The van der Waals surface area contributed by atoms with Crippen molar-refractivity contribution in [3.63, 3.8) is 0 Å². The Labute approximate surface area is 97.9 Å². The number of rotatable bonds is 5. The molecule has 2 aromatic rings. The largest absolute Gasteiger partial charge is 0.481 e. The van der Waals surface area contributed by atoms with Crippen LogP contribution >= 0.6 is 0 Å². The molecule has 88 valence electrons. The van der Waals surface area contributed by atoms with Crippen LogP contribution < -0.4 is 0 Å². The highest BCUT2D eigenvalue weighted by atomic mass is 16.4. The van der Waals surface area contributed by atoms with Gasteiger partial charge in [0.05, 0.1) is 0 Å². The fraction of sp³-hybridized carbons (Fsp3) is 0.273. The van der Waals surface area contributed by atoms with Crippen LogP contribution in [0.1, 0.15) is 12.8 Å². The topological polar surface area (TPSA) is 80.9 Å². The first-order valence-corrected chi connectivity index (χ1v) is 5.31. The van der Waals surface area contributed by atoms with Crippen LogP contribution in [0.2, 0.25) is 0 Å². The van der Waals surface area contributed by atoms with Gasteiger partial charge < -0.3 is 5.11 Å². The number of carbonyl (C=O) groups is 1.